The van der Waals surface area contributed by atoms with Crippen LogP contribution in [0, 0.1) is 5.92 Å². The highest BCUT2D eigenvalue weighted by molar-refractivity contribution is 5.77. The molecule has 1 saturated heterocycles. The number of hydrogen-bond acceptors (Lipinski definition) is 2. The minimum atomic E-state index is -4.36. The zero-order chi connectivity index (χ0) is 19.2. The van der Waals surface area contributed by atoms with E-state index in [2.05, 4.69) is 24.2 Å². The molecule has 26 heavy (non-hydrogen) atoms. The van der Waals surface area contributed by atoms with Crippen LogP contribution in [0.3, 0.4) is 0 Å². The van der Waals surface area contributed by atoms with Gasteiger partial charge in [0, 0.05) is 25.2 Å². The van der Waals surface area contributed by atoms with E-state index in [1.807, 2.05) is 0 Å². The van der Waals surface area contributed by atoms with Crippen molar-refractivity contribution in [1.82, 2.24) is 5.32 Å². The molecule has 146 valence electrons. The number of guanidine groups is 1. The first-order valence-corrected chi connectivity index (χ1v) is 9.02. The van der Waals surface area contributed by atoms with Crippen molar-refractivity contribution in [3.63, 3.8) is 0 Å². The fourth-order valence-electron chi connectivity index (χ4n) is 3.11. The van der Waals surface area contributed by atoms with Crippen LogP contribution in [-0.4, -0.2) is 32.3 Å². The summed E-state index contributed by atoms with van der Waals surface area (Å²) in [6, 6.07) is 5.55. The van der Waals surface area contributed by atoms with Crippen molar-refractivity contribution in [1.29, 1.82) is 0 Å². The summed E-state index contributed by atoms with van der Waals surface area (Å²) in [6.07, 6.45) is -2.14. The average molecular weight is 371 g/mol. The summed E-state index contributed by atoms with van der Waals surface area (Å²) in [4.78, 5) is 4.43. The van der Waals surface area contributed by atoms with E-state index in [9.17, 15) is 13.2 Å². The molecule has 3 N–H and O–H groups in total. The van der Waals surface area contributed by atoms with Crippen molar-refractivity contribution in [3.05, 3.63) is 35.4 Å². The smallest absolute Gasteiger partial charge is 0.381 e. The quantitative estimate of drug-likeness (QED) is 0.592. The minimum absolute atomic E-state index is 0.337. The van der Waals surface area contributed by atoms with E-state index in [4.69, 9.17) is 10.5 Å². The van der Waals surface area contributed by atoms with Crippen LogP contribution in [0.4, 0.5) is 13.2 Å². The Balaban J connectivity index is 2.18. The molecule has 0 amide bonds. The van der Waals surface area contributed by atoms with Gasteiger partial charge in [-0.15, -0.1) is 0 Å². The van der Waals surface area contributed by atoms with Crippen LogP contribution >= 0.6 is 0 Å². The first-order valence-electron chi connectivity index (χ1n) is 9.02. The summed E-state index contributed by atoms with van der Waals surface area (Å²) in [5.74, 6) is 0.894. The molecule has 0 atom stereocenters. The maximum Gasteiger partial charge on any atom is 0.416 e. The zero-order valence-corrected chi connectivity index (χ0v) is 15.4. The van der Waals surface area contributed by atoms with E-state index in [0.717, 1.165) is 19.0 Å². The van der Waals surface area contributed by atoms with Gasteiger partial charge in [-0.25, -0.2) is 0 Å². The van der Waals surface area contributed by atoms with Crippen LogP contribution in [0.5, 0.6) is 0 Å². The van der Waals surface area contributed by atoms with E-state index in [0.29, 0.717) is 50.0 Å². The minimum Gasteiger partial charge on any atom is -0.381 e. The highest BCUT2D eigenvalue weighted by Gasteiger charge is 2.37. The van der Waals surface area contributed by atoms with Gasteiger partial charge in [-0.05, 0) is 36.8 Å². The Bertz CT molecular complexity index is 608. The van der Waals surface area contributed by atoms with E-state index in [-0.39, 0.29) is 0 Å². The Kier molecular flexibility index (Phi) is 6.92. The molecule has 0 aromatic heterocycles. The van der Waals surface area contributed by atoms with Crippen LogP contribution in [-0.2, 0) is 16.3 Å². The second kappa shape index (κ2) is 8.75. The number of hydrogen-bond donors (Lipinski definition) is 2. The van der Waals surface area contributed by atoms with Crippen molar-refractivity contribution in [2.24, 2.45) is 16.6 Å². The number of nitrogens with zero attached hydrogens (tertiary/aromatic N) is 1. The van der Waals surface area contributed by atoms with Crippen LogP contribution < -0.4 is 11.1 Å². The molecule has 0 spiro atoms. The largest absolute Gasteiger partial charge is 0.416 e. The SMILES string of the molecule is CC(C)CCNC(N)=NCC1(c2cccc(C(F)(F)F)c2)CCOCC1. The lowest BCUT2D eigenvalue weighted by Gasteiger charge is -2.37. The molecule has 1 heterocycles. The molecule has 0 radical (unpaired) electrons. The van der Waals surface area contributed by atoms with Gasteiger partial charge in [-0.2, -0.15) is 13.2 Å². The van der Waals surface area contributed by atoms with Gasteiger partial charge in [0.2, 0.25) is 0 Å². The Morgan fingerprint density at radius 1 is 1.31 bits per heavy atom. The normalized spacial score (nSPS) is 18.2. The number of aliphatic imine (C=N–C) groups is 1. The number of halogens is 3. The van der Waals surface area contributed by atoms with Crippen LogP contribution in [0.25, 0.3) is 0 Å². The van der Waals surface area contributed by atoms with Gasteiger partial charge in [-0.3, -0.25) is 4.99 Å². The zero-order valence-electron chi connectivity index (χ0n) is 15.4. The van der Waals surface area contributed by atoms with Crippen molar-refractivity contribution >= 4 is 5.96 Å². The molecule has 7 heteroatoms. The average Bonchev–Trinajstić information content (AvgIpc) is 2.60. The Morgan fingerprint density at radius 3 is 2.62 bits per heavy atom. The predicted octanol–water partition coefficient (Wildman–Crippen LogP) is 3.70. The van der Waals surface area contributed by atoms with Crippen molar-refractivity contribution in [2.75, 3.05) is 26.3 Å². The topological polar surface area (TPSA) is 59.6 Å². The summed E-state index contributed by atoms with van der Waals surface area (Å²) >= 11 is 0. The molecule has 1 aromatic carbocycles. The van der Waals surface area contributed by atoms with Crippen molar-refractivity contribution < 1.29 is 17.9 Å². The molecule has 1 aromatic rings. The van der Waals surface area contributed by atoms with Gasteiger partial charge in [-0.1, -0.05) is 32.0 Å². The molecule has 2 rings (SSSR count). The number of rotatable bonds is 6. The van der Waals surface area contributed by atoms with Gasteiger partial charge < -0.3 is 15.8 Å². The van der Waals surface area contributed by atoms with Crippen LogP contribution in [0.1, 0.15) is 44.2 Å². The first-order chi connectivity index (χ1) is 12.2. The highest BCUT2D eigenvalue weighted by atomic mass is 19.4. The van der Waals surface area contributed by atoms with Crippen LogP contribution in [0.2, 0.25) is 0 Å². The number of alkyl halides is 3. The number of nitrogens with one attached hydrogen (secondary N) is 1. The lowest BCUT2D eigenvalue weighted by atomic mass is 9.74. The van der Waals surface area contributed by atoms with Crippen LogP contribution in [0.15, 0.2) is 29.3 Å². The molecular formula is C19H28F3N3O. The van der Waals surface area contributed by atoms with E-state index in [1.54, 1.807) is 6.07 Å². The van der Waals surface area contributed by atoms with Gasteiger partial charge in [0.05, 0.1) is 12.1 Å². The standard InChI is InChI=1S/C19H28F3N3O/c1-14(2)6-9-24-17(23)25-13-18(7-10-26-11-8-18)15-4-3-5-16(12-15)19(20,21)22/h3-5,12,14H,6-11,13H2,1-2H3,(H3,23,24,25). The first kappa shape index (κ1) is 20.6. The molecule has 4 nitrogen and oxygen atoms in total. The molecule has 1 aliphatic heterocycles. The lowest BCUT2D eigenvalue weighted by Crippen LogP contribution is -2.39. The fraction of sp³-hybridized carbons (Fsp3) is 0.632. The molecule has 0 bridgehead atoms. The summed E-state index contributed by atoms with van der Waals surface area (Å²) in [7, 11) is 0. The third kappa shape index (κ3) is 5.62. The predicted molar refractivity (Wildman–Crippen MR) is 97.1 cm³/mol. The number of ether oxygens (including phenoxy) is 1. The lowest BCUT2D eigenvalue weighted by molar-refractivity contribution is -0.137. The van der Waals surface area contributed by atoms with Gasteiger partial charge in [0.15, 0.2) is 5.96 Å². The van der Waals surface area contributed by atoms with E-state index < -0.39 is 17.2 Å². The summed E-state index contributed by atoms with van der Waals surface area (Å²) in [5.41, 5.74) is 5.47. The van der Waals surface area contributed by atoms with E-state index >= 15 is 0 Å². The molecule has 1 fully saturated rings. The Morgan fingerprint density at radius 2 is 2.00 bits per heavy atom. The second-order valence-corrected chi connectivity index (χ2v) is 7.28. The van der Waals surface area contributed by atoms with E-state index in [1.165, 1.54) is 12.1 Å². The number of benzene rings is 1. The number of nitrogens with two attached hydrogens (primary N) is 1. The molecule has 1 aliphatic rings. The van der Waals surface area contributed by atoms with Crippen molar-refractivity contribution in [3.8, 4) is 0 Å². The van der Waals surface area contributed by atoms with Gasteiger partial charge >= 0.3 is 6.18 Å². The van der Waals surface area contributed by atoms with Crippen molar-refractivity contribution in [2.45, 2.75) is 44.7 Å². The maximum atomic E-state index is 13.1. The molecule has 0 aliphatic carbocycles. The molecule has 0 unspecified atom stereocenters. The monoisotopic (exact) mass is 371 g/mol. The second-order valence-electron chi connectivity index (χ2n) is 7.28. The Labute approximate surface area is 153 Å². The molecule has 0 saturated carbocycles. The Hall–Kier alpha value is -1.76. The third-order valence-electron chi connectivity index (χ3n) is 4.83. The van der Waals surface area contributed by atoms with Gasteiger partial charge in [0.25, 0.3) is 0 Å². The summed E-state index contributed by atoms with van der Waals surface area (Å²) in [5, 5.41) is 3.07. The maximum absolute atomic E-state index is 13.1. The fourth-order valence-corrected chi connectivity index (χ4v) is 3.11. The molecular weight excluding hydrogens is 343 g/mol. The third-order valence-corrected chi connectivity index (χ3v) is 4.83. The summed E-state index contributed by atoms with van der Waals surface area (Å²) < 4.78 is 44.7. The van der Waals surface area contributed by atoms with Gasteiger partial charge in [0.1, 0.15) is 0 Å². The highest BCUT2D eigenvalue weighted by Crippen LogP contribution is 2.38. The summed E-state index contributed by atoms with van der Waals surface area (Å²) in [6.45, 7) is 6.34.